The highest BCUT2D eigenvalue weighted by Crippen LogP contribution is 2.32. The summed E-state index contributed by atoms with van der Waals surface area (Å²) < 4.78 is 11.5. The fourth-order valence-corrected chi connectivity index (χ4v) is 5.44. The van der Waals surface area contributed by atoms with E-state index in [2.05, 4.69) is 15.5 Å². The number of nitrogens with zero attached hydrogens (tertiary/aromatic N) is 2. The van der Waals surface area contributed by atoms with Crippen molar-refractivity contribution < 1.29 is 29.3 Å². The summed E-state index contributed by atoms with van der Waals surface area (Å²) in [7, 11) is 0. The second-order valence-corrected chi connectivity index (χ2v) is 11.4. The molecule has 0 unspecified atom stereocenters. The van der Waals surface area contributed by atoms with Crippen LogP contribution in [0.15, 0.2) is 18.2 Å². The van der Waals surface area contributed by atoms with E-state index in [0.717, 1.165) is 24.3 Å². The molecule has 4 N–H and O–H groups in total. The van der Waals surface area contributed by atoms with Crippen LogP contribution >= 0.6 is 0 Å². The van der Waals surface area contributed by atoms with Crippen molar-refractivity contribution in [2.24, 2.45) is 11.8 Å². The Hall–Kier alpha value is -2.40. The van der Waals surface area contributed by atoms with E-state index in [1.807, 2.05) is 39.0 Å². The van der Waals surface area contributed by atoms with Gasteiger partial charge in [-0.25, -0.2) is 0 Å². The first-order chi connectivity index (χ1) is 17.6. The number of aliphatic hydroxyl groups excluding tert-OH is 2. The van der Waals surface area contributed by atoms with Gasteiger partial charge in [0.05, 0.1) is 25.9 Å². The molecule has 2 fully saturated rings. The van der Waals surface area contributed by atoms with E-state index in [9.17, 15) is 19.8 Å². The molecule has 10 heteroatoms. The third-order valence-electron chi connectivity index (χ3n) is 7.38. The van der Waals surface area contributed by atoms with Crippen LogP contribution in [-0.2, 0) is 20.9 Å². The van der Waals surface area contributed by atoms with Crippen LogP contribution in [-0.4, -0.2) is 97.2 Å². The molecule has 0 radical (unpaired) electrons. The normalized spacial score (nSPS) is 27.8. The molecule has 2 amide bonds. The summed E-state index contributed by atoms with van der Waals surface area (Å²) in [5, 5.41) is 28.3. The minimum atomic E-state index is -1.16. The summed E-state index contributed by atoms with van der Waals surface area (Å²) >= 11 is 0. The van der Waals surface area contributed by atoms with Crippen molar-refractivity contribution >= 4 is 17.5 Å². The Morgan fingerprint density at radius 1 is 1.14 bits per heavy atom. The topological polar surface area (TPSA) is 124 Å². The quantitative estimate of drug-likeness (QED) is 0.456. The lowest BCUT2D eigenvalue weighted by atomic mass is 9.78. The zero-order valence-electron chi connectivity index (χ0n) is 22.2. The zero-order valence-corrected chi connectivity index (χ0v) is 22.2. The summed E-state index contributed by atoms with van der Waals surface area (Å²) in [5.41, 5.74) is 1.58. The number of morpholine rings is 1. The van der Waals surface area contributed by atoms with Crippen molar-refractivity contribution in [3.05, 3.63) is 23.8 Å². The third kappa shape index (κ3) is 7.34. The SMILES string of the molecule is CC(C)(C)NC(=O)C[C@@H]1CCN2C[C@@H]1[C@H](O)[C@H](O)COc1ccc(N3CCOCC3)cc1CNCC2=O. The van der Waals surface area contributed by atoms with Crippen LogP contribution in [0.5, 0.6) is 5.75 Å². The maximum absolute atomic E-state index is 13.0. The minimum absolute atomic E-state index is 0.0599. The molecule has 0 spiro atoms. The molecule has 3 aliphatic rings. The van der Waals surface area contributed by atoms with Gasteiger partial charge in [0, 0.05) is 61.9 Å². The average Bonchev–Trinajstić information content (AvgIpc) is 2.86. The molecular weight excluding hydrogens is 476 g/mol. The van der Waals surface area contributed by atoms with Gasteiger partial charge in [-0.05, 0) is 51.3 Å². The van der Waals surface area contributed by atoms with Gasteiger partial charge in [0.15, 0.2) is 0 Å². The average molecular weight is 519 g/mol. The van der Waals surface area contributed by atoms with E-state index in [-0.39, 0.29) is 42.8 Å². The van der Waals surface area contributed by atoms with E-state index >= 15 is 0 Å². The Balaban J connectivity index is 1.51. The Kier molecular flexibility index (Phi) is 8.94. The number of rotatable bonds is 3. The summed E-state index contributed by atoms with van der Waals surface area (Å²) in [6.45, 7) is 10.1. The predicted molar refractivity (Wildman–Crippen MR) is 139 cm³/mol. The van der Waals surface area contributed by atoms with Crippen LogP contribution in [0.25, 0.3) is 0 Å². The molecule has 206 valence electrons. The fraction of sp³-hybridized carbons (Fsp3) is 0.704. The molecule has 0 saturated carbocycles. The molecule has 10 nitrogen and oxygen atoms in total. The number of piperidine rings is 1. The van der Waals surface area contributed by atoms with Gasteiger partial charge in [-0.1, -0.05) is 0 Å². The lowest BCUT2D eigenvalue weighted by Gasteiger charge is -2.42. The van der Waals surface area contributed by atoms with E-state index < -0.39 is 18.1 Å². The van der Waals surface area contributed by atoms with E-state index in [0.29, 0.717) is 45.0 Å². The van der Waals surface area contributed by atoms with Gasteiger partial charge in [-0.15, -0.1) is 0 Å². The van der Waals surface area contributed by atoms with Gasteiger partial charge < -0.3 is 40.1 Å². The number of carbonyl (C=O) groups excluding carboxylic acids is 2. The number of nitrogens with one attached hydrogen (secondary N) is 2. The first-order valence-corrected chi connectivity index (χ1v) is 13.3. The maximum atomic E-state index is 13.0. The molecule has 2 bridgehead atoms. The van der Waals surface area contributed by atoms with Crippen molar-refractivity contribution in [3.63, 3.8) is 0 Å². The first-order valence-electron chi connectivity index (χ1n) is 13.3. The van der Waals surface area contributed by atoms with Crippen LogP contribution < -0.4 is 20.3 Å². The minimum Gasteiger partial charge on any atom is -0.490 e. The van der Waals surface area contributed by atoms with Gasteiger partial charge >= 0.3 is 0 Å². The Morgan fingerprint density at radius 3 is 2.62 bits per heavy atom. The second kappa shape index (κ2) is 12.0. The van der Waals surface area contributed by atoms with Crippen LogP contribution in [0.1, 0.15) is 39.2 Å². The van der Waals surface area contributed by atoms with Crippen molar-refractivity contribution in [3.8, 4) is 5.75 Å². The number of fused-ring (bicyclic) bond motifs is 3. The molecule has 4 rings (SSSR count). The number of ether oxygens (including phenoxy) is 2. The van der Waals surface area contributed by atoms with Gasteiger partial charge in [0.2, 0.25) is 11.8 Å². The molecule has 3 heterocycles. The smallest absolute Gasteiger partial charge is 0.236 e. The van der Waals surface area contributed by atoms with Crippen molar-refractivity contribution in [1.82, 2.24) is 15.5 Å². The van der Waals surface area contributed by atoms with Gasteiger partial charge in [0.1, 0.15) is 18.5 Å². The van der Waals surface area contributed by atoms with Crippen LogP contribution in [0.3, 0.4) is 0 Å². The lowest BCUT2D eigenvalue weighted by molar-refractivity contribution is -0.137. The molecule has 1 aromatic rings. The summed E-state index contributed by atoms with van der Waals surface area (Å²) in [4.78, 5) is 29.7. The van der Waals surface area contributed by atoms with E-state index in [4.69, 9.17) is 9.47 Å². The number of anilines is 1. The Labute approximate surface area is 219 Å². The molecular formula is C27H42N4O6. The molecule has 3 aliphatic heterocycles. The van der Waals surface area contributed by atoms with E-state index in [1.165, 1.54) is 0 Å². The highest BCUT2D eigenvalue weighted by molar-refractivity contribution is 5.79. The highest BCUT2D eigenvalue weighted by atomic mass is 16.5. The van der Waals surface area contributed by atoms with Gasteiger partial charge in [0.25, 0.3) is 0 Å². The molecule has 0 aromatic heterocycles. The molecule has 2 saturated heterocycles. The predicted octanol–water partition coefficient (Wildman–Crippen LogP) is 0.497. The maximum Gasteiger partial charge on any atom is 0.236 e. The van der Waals surface area contributed by atoms with Crippen molar-refractivity contribution in [1.29, 1.82) is 0 Å². The lowest BCUT2D eigenvalue weighted by Crippen LogP contribution is -2.53. The number of benzene rings is 1. The number of amides is 2. The second-order valence-electron chi connectivity index (χ2n) is 11.4. The number of aliphatic hydroxyl groups is 2. The van der Waals surface area contributed by atoms with Gasteiger partial charge in [-0.3, -0.25) is 9.59 Å². The molecule has 37 heavy (non-hydrogen) atoms. The summed E-state index contributed by atoms with van der Waals surface area (Å²) in [5.74, 6) is -0.143. The Bertz CT molecular complexity index is 945. The third-order valence-corrected chi connectivity index (χ3v) is 7.38. The standard InChI is InChI=1S/C27H42N4O6/c1-27(2,3)29-24(33)13-18-6-7-31-16-21(18)26(35)22(32)17-37-23-5-4-20(30-8-10-36-11-9-30)12-19(23)14-28-15-25(31)34/h4-5,12,18,21-22,26,28,32,35H,6-11,13-17H2,1-3H3,(H,29,33)/t18-,21-,22+,26-/m0/s1. The molecule has 4 atom stereocenters. The molecule has 0 aliphatic carbocycles. The monoisotopic (exact) mass is 518 g/mol. The van der Waals surface area contributed by atoms with Crippen molar-refractivity contribution in [2.45, 2.75) is 57.9 Å². The van der Waals surface area contributed by atoms with E-state index in [1.54, 1.807) is 4.90 Å². The van der Waals surface area contributed by atoms with Crippen LogP contribution in [0, 0.1) is 11.8 Å². The number of hydrogen-bond acceptors (Lipinski definition) is 8. The first kappa shape index (κ1) is 27.6. The Morgan fingerprint density at radius 2 is 1.89 bits per heavy atom. The summed E-state index contributed by atoms with van der Waals surface area (Å²) in [6.07, 6.45) is -1.47. The largest absolute Gasteiger partial charge is 0.490 e. The number of carbonyl (C=O) groups is 2. The fourth-order valence-electron chi connectivity index (χ4n) is 5.44. The summed E-state index contributed by atoms with van der Waals surface area (Å²) in [6, 6.07) is 5.91. The number of hydrogen-bond donors (Lipinski definition) is 4. The van der Waals surface area contributed by atoms with Gasteiger partial charge in [-0.2, -0.15) is 0 Å². The van der Waals surface area contributed by atoms with Crippen molar-refractivity contribution in [2.75, 3.05) is 57.4 Å². The van der Waals surface area contributed by atoms with Crippen LogP contribution in [0.2, 0.25) is 0 Å². The van der Waals surface area contributed by atoms with Crippen LogP contribution in [0.4, 0.5) is 5.69 Å². The highest BCUT2D eigenvalue weighted by Gasteiger charge is 2.40. The zero-order chi connectivity index (χ0) is 26.6. The molecule has 1 aromatic carbocycles.